The third-order valence-electron chi connectivity index (χ3n) is 3.81. The lowest BCUT2D eigenvalue weighted by atomic mass is 9.82. The number of halogens is 2. The van der Waals surface area contributed by atoms with Crippen molar-refractivity contribution in [2.75, 3.05) is 17.1 Å². The Labute approximate surface area is 173 Å². The van der Waals surface area contributed by atoms with Gasteiger partial charge in [-0.1, -0.05) is 44.0 Å². The van der Waals surface area contributed by atoms with Crippen molar-refractivity contribution in [3.63, 3.8) is 0 Å². The van der Waals surface area contributed by atoms with Gasteiger partial charge in [-0.05, 0) is 50.3 Å². The number of sulfonamides is 1. The van der Waals surface area contributed by atoms with Gasteiger partial charge >= 0.3 is 0 Å². The van der Waals surface area contributed by atoms with Gasteiger partial charge in [0.2, 0.25) is 15.9 Å². The molecule has 0 unspecified atom stereocenters. The van der Waals surface area contributed by atoms with E-state index in [0.29, 0.717) is 17.1 Å². The second kappa shape index (κ2) is 9.01. The highest BCUT2D eigenvalue weighted by molar-refractivity contribution is 7.92. The highest BCUT2D eigenvalue weighted by Gasteiger charge is 2.27. The van der Waals surface area contributed by atoms with Gasteiger partial charge in [0.05, 0.1) is 22.0 Å². The fourth-order valence-electron chi connectivity index (χ4n) is 3.32. The Morgan fingerprint density at radius 1 is 1.11 bits per heavy atom. The van der Waals surface area contributed by atoms with E-state index in [1.165, 1.54) is 10.4 Å². The molecule has 0 bridgehead atoms. The molecule has 0 aliphatic rings. The lowest BCUT2D eigenvalue weighted by Gasteiger charge is -2.33. The zero-order valence-electron chi connectivity index (χ0n) is 16.9. The van der Waals surface area contributed by atoms with Crippen LogP contribution in [0.15, 0.2) is 18.2 Å². The van der Waals surface area contributed by atoms with Gasteiger partial charge in [-0.3, -0.25) is 9.10 Å². The molecule has 0 saturated heterocycles. The smallest absolute Gasteiger partial charge is 0.232 e. The van der Waals surface area contributed by atoms with E-state index < -0.39 is 10.0 Å². The summed E-state index contributed by atoms with van der Waals surface area (Å²) in [7, 11) is -3.50. The zero-order valence-corrected chi connectivity index (χ0v) is 19.2. The Morgan fingerprint density at radius 3 is 2.19 bits per heavy atom. The number of benzene rings is 1. The number of hydrogen-bond donors (Lipinski definition) is 1. The largest absolute Gasteiger partial charge is 0.351 e. The highest BCUT2D eigenvalue weighted by Crippen LogP contribution is 2.29. The molecule has 0 saturated carbocycles. The quantitative estimate of drug-likeness (QED) is 0.631. The first-order valence-electron chi connectivity index (χ1n) is 8.84. The molecule has 0 aliphatic heterocycles. The van der Waals surface area contributed by atoms with Crippen LogP contribution in [0.4, 0.5) is 5.69 Å². The first-order chi connectivity index (χ1) is 12.1. The van der Waals surface area contributed by atoms with E-state index >= 15 is 0 Å². The minimum Gasteiger partial charge on any atom is -0.351 e. The van der Waals surface area contributed by atoms with Crippen molar-refractivity contribution in [3.05, 3.63) is 28.2 Å². The summed E-state index contributed by atoms with van der Waals surface area (Å²) in [6.45, 7) is 10.6. The van der Waals surface area contributed by atoms with Crippen LogP contribution < -0.4 is 9.62 Å². The standard InChI is InChI=1S/C19H30Cl2N2O3S/c1-18(2,3)13-19(4,5)22-17(24)8-7-11-23(27(6,25)26)14-9-10-15(20)16(21)12-14/h9-10,12H,7-8,11,13H2,1-6H3,(H,22,24). The Morgan fingerprint density at radius 2 is 1.70 bits per heavy atom. The monoisotopic (exact) mass is 436 g/mol. The average Bonchev–Trinajstić information content (AvgIpc) is 2.42. The van der Waals surface area contributed by atoms with Crippen molar-refractivity contribution in [3.8, 4) is 0 Å². The average molecular weight is 437 g/mol. The van der Waals surface area contributed by atoms with Crippen molar-refractivity contribution in [1.29, 1.82) is 0 Å². The van der Waals surface area contributed by atoms with Gasteiger partial charge in [0.15, 0.2) is 0 Å². The minimum atomic E-state index is -3.50. The van der Waals surface area contributed by atoms with Crippen LogP contribution in [-0.2, 0) is 14.8 Å². The van der Waals surface area contributed by atoms with Crippen LogP contribution in [0.2, 0.25) is 10.0 Å². The zero-order chi connectivity index (χ0) is 21.0. The molecular weight excluding hydrogens is 407 g/mol. The fraction of sp³-hybridized carbons (Fsp3) is 0.632. The predicted molar refractivity (Wildman–Crippen MR) is 114 cm³/mol. The topological polar surface area (TPSA) is 66.5 Å². The molecule has 0 heterocycles. The lowest BCUT2D eigenvalue weighted by molar-refractivity contribution is -0.123. The summed E-state index contributed by atoms with van der Waals surface area (Å²) in [5, 5.41) is 3.67. The van der Waals surface area contributed by atoms with E-state index in [1.54, 1.807) is 12.1 Å². The summed E-state index contributed by atoms with van der Waals surface area (Å²) in [6.07, 6.45) is 2.60. The van der Waals surface area contributed by atoms with Gasteiger partial charge in [-0.2, -0.15) is 0 Å². The van der Waals surface area contributed by atoms with Crippen LogP contribution in [0.25, 0.3) is 0 Å². The number of carbonyl (C=O) groups excluding carboxylic acids is 1. The number of carbonyl (C=O) groups is 1. The lowest BCUT2D eigenvalue weighted by Crippen LogP contribution is -2.46. The van der Waals surface area contributed by atoms with Gasteiger partial charge in [0.25, 0.3) is 0 Å². The van der Waals surface area contributed by atoms with Crippen molar-refractivity contribution in [2.45, 2.75) is 59.4 Å². The summed E-state index contributed by atoms with van der Waals surface area (Å²) in [6, 6.07) is 4.67. The van der Waals surface area contributed by atoms with Crippen LogP contribution >= 0.6 is 23.2 Å². The van der Waals surface area contributed by atoms with E-state index in [1.807, 2.05) is 13.8 Å². The number of nitrogens with one attached hydrogen (secondary N) is 1. The minimum absolute atomic E-state index is 0.0909. The molecule has 5 nitrogen and oxygen atoms in total. The molecule has 1 aromatic rings. The van der Waals surface area contributed by atoms with Gasteiger partial charge in [-0.25, -0.2) is 8.42 Å². The van der Waals surface area contributed by atoms with Crippen molar-refractivity contribution < 1.29 is 13.2 Å². The fourth-order valence-corrected chi connectivity index (χ4v) is 4.57. The van der Waals surface area contributed by atoms with Gasteiger partial charge < -0.3 is 5.32 Å². The van der Waals surface area contributed by atoms with Gasteiger partial charge in [0, 0.05) is 18.5 Å². The molecule has 1 amide bonds. The second-order valence-corrected chi connectivity index (χ2v) is 11.4. The van der Waals surface area contributed by atoms with E-state index in [9.17, 15) is 13.2 Å². The maximum atomic E-state index is 12.3. The number of nitrogens with zero attached hydrogens (tertiary/aromatic N) is 1. The molecule has 1 N–H and O–H groups in total. The van der Waals surface area contributed by atoms with E-state index in [-0.39, 0.29) is 34.8 Å². The molecule has 0 aliphatic carbocycles. The molecular formula is C19H30Cl2N2O3S. The first-order valence-corrected chi connectivity index (χ1v) is 11.4. The molecule has 1 aromatic carbocycles. The Kier molecular flexibility index (Phi) is 8.03. The molecule has 8 heteroatoms. The summed E-state index contributed by atoms with van der Waals surface area (Å²) in [5.74, 6) is -0.0909. The maximum Gasteiger partial charge on any atom is 0.232 e. The molecule has 0 atom stereocenters. The maximum absolute atomic E-state index is 12.3. The predicted octanol–water partition coefficient (Wildman–Crippen LogP) is 4.87. The Hall–Kier alpha value is -0.980. The number of rotatable bonds is 8. The van der Waals surface area contributed by atoms with Crippen LogP contribution in [-0.4, -0.2) is 32.7 Å². The second-order valence-electron chi connectivity index (χ2n) is 8.71. The Balaban J connectivity index is 2.72. The third kappa shape index (κ3) is 8.71. The summed E-state index contributed by atoms with van der Waals surface area (Å²) in [5.41, 5.74) is 0.202. The highest BCUT2D eigenvalue weighted by atomic mass is 35.5. The van der Waals surface area contributed by atoms with Crippen LogP contribution in [0.3, 0.4) is 0 Å². The first kappa shape index (κ1) is 24.1. The molecule has 0 spiro atoms. The molecule has 0 fully saturated rings. The van der Waals surface area contributed by atoms with Crippen LogP contribution in [0, 0.1) is 5.41 Å². The van der Waals surface area contributed by atoms with Crippen molar-refractivity contribution in [2.24, 2.45) is 5.41 Å². The summed E-state index contributed by atoms with van der Waals surface area (Å²) < 4.78 is 25.5. The van der Waals surface area contributed by atoms with Gasteiger partial charge in [-0.15, -0.1) is 0 Å². The number of anilines is 1. The van der Waals surface area contributed by atoms with Gasteiger partial charge in [0.1, 0.15) is 0 Å². The summed E-state index contributed by atoms with van der Waals surface area (Å²) >= 11 is 11.9. The molecule has 27 heavy (non-hydrogen) atoms. The third-order valence-corrected chi connectivity index (χ3v) is 5.74. The Bertz CT molecular complexity index is 772. The number of amides is 1. The van der Waals surface area contributed by atoms with Crippen molar-refractivity contribution >= 4 is 44.8 Å². The van der Waals surface area contributed by atoms with Crippen LogP contribution in [0.1, 0.15) is 53.9 Å². The normalized spacial score (nSPS) is 12.7. The SMILES string of the molecule is CC(C)(C)CC(C)(C)NC(=O)CCCN(c1ccc(Cl)c(Cl)c1)S(C)(=O)=O. The molecule has 1 rings (SSSR count). The van der Waals surface area contributed by atoms with Crippen molar-refractivity contribution in [1.82, 2.24) is 5.32 Å². The molecule has 0 radical (unpaired) electrons. The summed E-state index contributed by atoms with van der Waals surface area (Å²) in [4.78, 5) is 12.3. The van der Waals surface area contributed by atoms with Crippen LogP contribution in [0.5, 0.6) is 0 Å². The van der Waals surface area contributed by atoms with E-state index in [0.717, 1.165) is 12.7 Å². The molecule has 0 aromatic heterocycles. The number of hydrogen-bond acceptors (Lipinski definition) is 3. The van der Waals surface area contributed by atoms with E-state index in [4.69, 9.17) is 23.2 Å². The molecule has 154 valence electrons. The van der Waals surface area contributed by atoms with E-state index in [2.05, 4.69) is 26.1 Å².